The van der Waals surface area contributed by atoms with Gasteiger partial charge in [-0.3, -0.25) is 14.6 Å². The largest absolute Gasteiger partial charge is 0.487 e. The number of nitrogens with zero attached hydrogens (tertiary/aromatic N) is 4. The Morgan fingerprint density at radius 1 is 1.29 bits per heavy atom. The van der Waals surface area contributed by atoms with Crippen LogP contribution in [-0.2, 0) is 13.2 Å². The van der Waals surface area contributed by atoms with Gasteiger partial charge in [0.1, 0.15) is 12.4 Å². The molecule has 0 fully saturated rings. The summed E-state index contributed by atoms with van der Waals surface area (Å²) in [6.07, 6.45) is 8.41. The highest BCUT2D eigenvalue weighted by Gasteiger charge is 2.12. The van der Waals surface area contributed by atoms with Crippen LogP contribution in [0.5, 0.6) is 5.75 Å². The number of hydrogen-bond donors (Lipinski definition) is 0. The van der Waals surface area contributed by atoms with E-state index in [1.807, 2.05) is 29.8 Å². The summed E-state index contributed by atoms with van der Waals surface area (Å²) in [6.45, 7) is 6.94. The van der Waals surface area contributed by atoms with Crippen molar-refractivity contribution in [2.75, 3.05) is 0 Å². The molecular weight excluding hydrogens is 324 g/mol. The van der Waals surface area contributed by atoms with E-state index in [0.717, 1.165) is 29.1 Å². The summed E-state index contributed by atoms with van der Waals surface area (Å²) in [4.78, 5) is 8.57. The highest BCUT2D eigenvalue weighted by atomic mass is 35.5. The van der Waals surface area contributed by atoms with E-state index in [1.54, 1.807) is 30.9 Å². The van der Waals surface area contributed by atoms with E-state index in [-0.39, 0.29) is 0 Å². The summed E-state index contributed by atoms with van der Waals surface area (Å²) in [5.41, 5.74) is 3.51. The molecule has 3 aromatic rings. The molecule has 5 nitrogen and oxygen atoms in total. The molecule has 0 aliphatic rings. The van der Waals surface area contributed by atoms with Gasteiger partial charge in [-0.1, -0.05) is 30.3 Å². The fraction of sp³-hybridized carbons (Fsp3) is 0.167. The van der Waals surface area contributed by atoms with Crippen molar-refractivity contribution in [1.82, 2.24) is 19.7 Å². The number of pyridine rings is 2. The Balaban J connectivity index is 1.90. The second-order valence-corrected chi connectivity index (χ2v) is 5.48. The summed E-state index contributed by atoms with van der Waals surface area (Å²) < 4.78 is 7.82. The Morgan fingerprint density at radius 3 is 2.96 bits per heavy atom. The minimum atomic E-state index is 0.348. The summed E-state index contributed by atoms with van der Waals surface area (Å²) in [7, 11) is 0. The molecule has 0 aliphatic heterocycles. The highest BCUT2D eigenvalue weighted by Crippen LogP contribution is 2.28. The van der Waals surface area contributed by atoms with Crippen molar-refractivity contribution < 1.29 is 4.74 Å². The van der Waals surface area contributed by atoms with Gasteiger partial charge in [0.15, 0.2) is 0 Å². The van der Waals surface area contributed by atoms with Gasteiger partial charge in [-0.15, -0.1) is 0 Å². The molecule has 0 aliphatic carbocycles. The van der Waals surface area contributed by atoms with Crippen molar-refractivity contribution in [2.24, 2.45) is 0 Å². The third-order valence-corrected chi connectivity index (χ3v) is 3.94. The van der Waals surface area contributed by atoms with Gasteiger partial charge >= 0.3 is 0 Å². The molecule has 3 rings (SSSR count). The molecule has 0 bridgehead atoms. The number of rotatable bonds is 6. The first-order chi connectivity index (χ1) is 11.7. The van der Waals surface area contributed by atoms with E-state index in [2.05, 4.69) is 21.6 Å². The first-order valence-electron chi connectivity index (χ1n) is 7.59. The van der Waals surface area contributed by atoms with Crippen LogP contribution in [0.15, 0.2) is 49.6 Å². The van der Waals surface area contributed by atoms with E-state index < -0.39 is 0 Å². The monoisotopic (exact) mass is 340 g/mol. The lowest BCUT2D eigenvalue weighted by Crippen LogP contribution is -2.05. The molecule has 0 saturated carbocycles. The standard InChI is InChI=1S/C18H17ClN4O/c1-3-14-15(19)10-20-11-17(14)24-12-13-6-5-8-21-18(13)16-7-9-22-23(16)4-2/h3,5-11H,1,4,12H2,2H3. The van der Waals surface area contributed by atoms with Gasteiger partial charge in [-0.05, 0) is 19.1 Å². The van der Waals surface area contributed by atoms with Crippen LogP contribution in [0.4, 0.5) is 0 Å². The molecule has 0 unspecified atom stereocenters. The van der Waals surface area contributed by atoms with Crippen molar-refractivity contribution in [2.45, 2.75) is 20.1 Å². The normalized spacial score (nSPS) is 10.6. The predicted molar refractivity (Wildman–Crippen MR) is 94.8 cm³/mol. The second-order valence-electron chi connectivity index (χ2n) is 5.07. The molecule has 0 radical (unpaired) electrons. The molecule has 0 aromatic carbocycles. The van der Waals surface area contributed by atoms with Gasteiger partial charge in [0.25, 0.3) is 0 Å². The fourth-order valence-corrected chi connectivity index (χ4v) is 2.69. The van der Waals surface area contributed by atoms with Crippen molar-refractivity contribution in [3.63, 3.8) is 0 Å². The third kappa shape index (κ3) is 3.16. The van der Waals surface area contributed by atoms with Gasteiger partial charge in [0.05, 0.1) is 22.6 Å². The molecular formula is C18H17ClN4O. The third-order valence-electron chi connectivity index (χ3n) is 3.64. The average Bonchev–Trinajstić information content (AvgIpc) is 3.08. The minimum Gasteiger partial charge on any atom is -0.487 e. The number of aryl methyl sites for hydroxylation is 1. The van der Waals surface area contributed by atoms with Crippen LogP contribution in [0.2, 0.25) is 5.02 Å². The second kappa shape index (κ2) is 7.27. The zero-order chi connectivity index (χ0) is 16.9. The lowest BCUT2D eigenvalue weighted by Gasteiger charge is -2.13. The minimum absolute atomic E-state index is 0.348. The van der Waals surface area contributed by atoms with Crippen molar-refractivity contribution in [3.8, 4) is 17.1 Å². The number of aromatic nitrogens is 4. The van der Waals surface area contributed by atoms with Crippen LogP contribution in [-0.4, -0.2) is 19.7 Å². The van der Waals surface area contributed by atoms with Crippen LogP contribution in [0.25, 0.3) is 17.5 Å². The average molecular weight is 341 g/mol. The summed E-state index contributed by atoms with van der Waals surface area (Å²) in [5, 5.41) is 4.82. The molecule has 3 heterocycles. The highest BCUT2D eigenvalue weighted by molar-refractivity contribution is 6.32. The van der Waals surface area contributed by atoms with Gasteiger partial charge in [0, 0.05) is 36.3 Å². The predicted octanol–water partition coefficient (Wildman–Crippen LogP) is 4.24. The van der Waals surface area contributed by atoms with Crippen LogP contribution < -0.4 is 4.74 Å². The Kier molecular flexibility index (Phi) is 4.91. The fourth-order valence-electron chi connectivity index (χ4n) is 2.47. The van der Waals surface area contributed by atoms with Crippen LogP contribution in [0.3, 0.4) is 0 Å². The zero-order valence-electron chi connectivity index (χ0n) is 13.3. The van der Waals surface area contributed by atoms with Crippen LogP contribution >= 0.6 is 11.6 Å². The smallest absolute Gasteiger partial charge is 0.146 e. The number of ether oxygens (including phenoxy) is 1. The van der Waals surface area contributed by atoms with Gasteiger partial charge in [-0.2, -0.15) is 5.10 Å². The van der Waals surface area contributed by atoms with Gasteiger partial charge in [-0.25, -0.2) is 0 Å². The van der Waals surface area contributed by atoms with Crippen molar-refractivity contribution >= 4 is 17.7 Å². The summed E-state index contributed by atoms with van der Waals surface area (Å²) in [6, 6.07) is 5.83. The molecule has 6 heteroatoms. The Labute approximate surface area is 145 Å². The molecule has 0 saturated heterocycles. The summed E-state index contributed by atoms with van der Waals surface area (Å²) >= 11 is 6.13. The maximum absolute atomic E-state index is 6.13. The Bertz CT molecular complexity index is 860. The molecule has 24 heavy (non-hydrogen) atoms. The van der Waals surface area contributed by atoms with Gasteiger partial charge in [0.2, 0.25) is 0 Å². The summed E-state index contributed by atoms with van der Waals surface area (Å²) in [5.74, 6) is 0.594. The van der Waals surface area contributed by atoms with Crippen LogP contribution in [0.1, 0.15) is 18.1 Å². The van der Waals surface area contributed by atoms with Crippen molar-refractivity contribution in [3.05, 3.63) is 65.7 Å². The lowest BCUT2D eigenvalue weighted by molar-refractivity contribution is 0.304. The topological polar surface area (TPSA) is 52.8 Å². The molecule has 0 spiro atoms. The quantitative estimate of drug-likeness (QED) is 0.673. The van der Waals surface area contributed by atoms with E-state index in [4.69, 9.17) is 16.3 Å². The van der Waals surface area contributed by atoms with E-state index >= 15 is 0 Å². The SMILES string of the molecule is C=Cc1c(Cl)cncc1OCc1cccnc1-c1ccnn1CC. The number of halogens is 1. The molecule has 0 atom stereocenters. The van der Waals surface area contributed by atoms with Gasteiger partial charge < -0.3 is 4.74 Å². The maximum atomic E-state index is 6.13. The van der Waals surface area contributed by atoms with Crippen molar-refractivity contribution in [1.29, 1.82) is 0 Å². The molecule has 122 valence electrons. The number of hydrogen-bond acceptors (Lipinski definition) is 4. The first-order valence-corrected chi connectivity index (χ1v) is 7.97. The molecule has 0 amide bonds. The molecule has 3 aromatic heterocycles. The van der Waals surface area contributed by atoms with E-state index in [9.17, 15) is 0 Å². The van der Waals surface area contributed by atoms with E-state index in [0.29, 0.717) is 17.4 Å². The molecule has 0 N–H and O–H groups in total. The maximum Gasteiger partial charge on any atom is 0.146 e. The van der Waals surface area contributed by atoms with E-state index in [1.165, 1.54) is 0 Å². The van der Waals surface area contributed by atoms with Crippen LogP contribution in [0, 0.1) is 0 Å². The lowest BCUT2D eigenvalue weighted by atomic mass is 10.1. The zero-order valence-corrected chi connectivity index (χ0v) is 14.1. The first kappa shape index (κ1) is 16.2. The Hall–Kier alpha value is -2.66. The Morgan fingerprint density at radius 2 is 2.17 bits per heavy atom.